The summed E-state index contributed by atoms with van der Waals surface area (Å²) in [7, 11) is 0. The Morgan fingerprint density at radius 1 is 1.31 bits per heavy atom. The molecule has 0 saturated heterocycles. The minimum absolute atomic E-state index is 0.159. The third-order valence-electron chi connectivity index (χ3n) is 3.78. The van der Waals surface area contributed by atoms with Gasteiger partial charge in [0, 0.05) is 15.4 Å². The number of aliphatic hydroxyl groups is 1. The molecule has 2 aromatic rings. The van der Waals surface area contributed by atoms with E-state index in [4.69, 9.17) is 4.74 Å². The van der Waals surface area contributed by atoms with Crippen LogP contribution in [0.15, 0.2) is 22.7 Å². The van der Waals surface area contributed by atoms with Gasteiger partial charge in [0.1, 0.15) is 18.4 Å². The number of hydrogen-bond donors (Lipinski definition) is 1. The number of halogens is 4. The lowest BCUT2D eigenvalue weighted by Gasteiger charge is -2.21. The summed E-state index contributed by atoms with van der Waals surface area (Å²) in [4.78, 5) is 15.5. The maximum Gasteiger partial charge on any atom is 0.433 e. The molecule has 0 radical (unpaired) electrons. The monoisotopic (exact) mass is 433 g/mol. The molecule has 1 N–H and O–H groups in total. The molecule has 0 spiro atoms. The highest BCUT2D eigenvalue weighted by Gasteiger charge is 2.33. The molecule has 0 fully saturated rings. The number of alkyl halides is 3. The molecule has 1 aromatic heterocycles. The summed E-state index contributed by atoms with van der Waals surface area (Å²) in [5.41, 5.74) is -0.542. The van der Waals surface area contributed by atoms with Gasteiger partial charge in [0.2, 0.25) is 0 Å². The Balaban J connectivity index is 2.38. The summed E-state index contributed by atoms with van der Waals surface area (Å²) >= 11 is 3.33. The number of pyridine rings is 1. The minimum atomic E-state index is -4.53. The van der Waals surface area contributed by atoms with Crippen molar-refractivity contribution in [2.75, 3.05) is 6.61 Å². The van der Waals surface area contributed by atoms with Crippen molar-refractivity contribution in [1.29, 1.82) is 0 Å². The fourth-order valence-electron chi connectivity index (χ4n) is 2.39. The molecule has 0 saturated carbocycles. The number of aromatic nitrogens is 1. The molecule has 1 heterocycles. The van der Waals surface area contributed by atoms with Crippen molar-refractivity contribution in [3.05, 3.63) is 39.5 Å². The first-order chi connectivity index (χ1) is 11.8. The number of esters is 1. The highest BCUT2D eigenvalue weighted by atomic mass is 79.9. The fraction of sp³-hybridized carbons (Fsp3) is 0.444. The van der Waals surface area contributed by atoms with E-state index >= 15 is 0 Å². The van der Waals surface area contributed by atoms with Crippen LogP contribution in [0.2, 0.25) is 0 Å². The number of fused-ring (bicyclic) bond motifs is 1. The molecule has 0 aliphatic carbocycles. The first-order valence-electron chi connectivity index (χ1n) is 7.84. The van der Waals surface area contributed by atoms with Crippen molar-refractivity contribution in [2.45, 2.75) is 40.0 Å². The van der Waals surface area contributed by atoms with Crippen molar-refractivity contribution in [2.24, 2.45) is 5.41 Å². The number of aryl methyl sites for hydroxylation is 1. The highest BCUT2D eigenvalue weighted by Crippen LogP contribution is 2.36. The number of aliphatic hydroxyl groups excluding tert-OH is 1. The molecule has 0 unspecified atom stereocenters. The molecule has 142 valence electrons. The summed E-state index contributed by atoms with van der Waals surface area (Å²) in [6.07, 6.45) is -5.66. The van der Waals surface area contributed by atoms with E-state index in [9.17, 15) is 23.1 Å². The van der Waals surface area contributed by atoms with Crippen LogP contribution in [0.3, 0.4) is 0 Å². The molecule has 0 amide bonds. The van der Waals surface area contributed by atoms with Crippen LogP contribution in [-0.4, -0.2) is 22.7 Å². The highest BCUT2D eigenvalue weighted by molar-refractivity contribution is 9.10. The number of carbonyl (C=O) groups is 1. The average Bonchev–Trinajstić information content (AvgIpc) is 2.50. The number of ether oxygens (including phenoxy) is 1. The standard InChI is InChI=1S/C18H19BrF3NO3/c1-9-7-11-10(5-6-13(23-11)18(20,21)22)15(19)14(9)12(24)8-26-16(25)17(2,3)4/h5-7,12,24H,8H2,1-4H3/t12-/m1/s1. The van der Waals surface area contributed by atoms with Gasteiger partial charge in [-0.15, -0.1) is 0 Å². The average molecular weight is 434 g/mol. The van der Waals surface area contributed by atoms with E-state index in [1.54, 1.807) is 27.7 Å². The number of carbonyl (C=O) groups excluding carboxylic acids is 1. The molecule has 26 heavy (non-hydrogen) atoms. The third-order valence-corrected chi connectivity index (χ3v) is 4.64. The largest absolute Gasteiger partial charge is 0.462 e. The molecule has 0 aliphatic heterocycles. The Morgan fingerprint density at radius 2 is 1.92 bits per heavy atom. The van der Waals surface area contributed by atoms with E-state index in [0.29, 0.717) is 21.0 Å². The van der Waals surface area contributed by atoms with Gasteiger partial charge < -0.3 is 9.84 Å². The lowest BCUT2D eigenvalue weighted by molar-refractivity contribution is -0.156. The van der Waals surface area contributed by atoms with Gasteiger partial charge in [0.25, 0.3) is 0 Å². The Hall–Kier alpha value is -1.67. The summed E-state index contributed by atoms with van der Waals surface area (Å²) in [6, 6.07) is 3.66. The lowest BCUT2D eigenvalue weighted by Crippen LogP contribution is -2.25. The minimum Gasteiger partial charge on any atom is -0.462 e. The van der Waals surface area contributed by atoms with E-state index in [0.717, 1.165) is 6.07 Å². The Labute approximate surface area is 157 Å². The smallest absolute Gasteiger partial charge is 0.433 e. The van der Waals surface area contributed by atoms with Gasteiger partial charge in [0.15, 0.2) is 0 Å². The zero-order valence-corrected chi connectivity index (χ0v) is 16.3. The zero-order valence-electron chi connectivity index (χ0n) is 14.7. The summed E-state index contributed by atoms with van der Waals surface area (Å²) < 4.78 is 44.1. The van der Waals surface area contributed by atoms with Crippen molar-refractivity contribution in [1.82, 2.24) is 4.98 Å². The molecule has 0 aliphatic rings. The SMILES string of the molecule is Cc1cc2nc(C(F)(F)F)ccc2c(Br)c1[C@H](O)COC(=O)C(C)(C)C. The summed E-state index contributed by atoms with van der Waals surface area (Å²) in [6.45, 7) is 6.49. The van der Waals surface area contributed by atoms with Gasteiger partial charge >= 0.3 is 12.1 Å². The van der Waals surface area contributed by atoms with Gasteiger partial charge in [-0.05, 0) is 67.4 Å². The maximum atomic E-state index is 12.8. The van der Waals surface area contributed by atoms with Crippen LogP contribution in [-0.2, 0) is 15.7 Å². The summed E-state index contributed by atoms with van der Waals surface area (Å²) in [5.74, 6) is -0.456. The van der Waals surface area contributed by atoms with Crippen LogP contribution >= 0.6 is 15.9 Å². The number of nitrogens with zero attached hydrogens (tertiary/aromatic N) is 1. The van der Waals surface area contributed by atoms with Crippen molar-refractivity contribution >= 4 is 32.8 Å². The van der Waals surface area contributed by atoms with Gasteiger partial charge in [-0.25, -0.2) is 4.98 Å². The molecule has 2 rings (SSSR count). The molecule has 8 heteroatoms. The van der Waals surface area contributed by atoms with Gasteiger partial charge in [-0.2, -0.15) is 13.2 Å². The molecular weight excluding hydrogens is 415 g/mol. The fourth-order valence-corrected chi connectivity index (χ4v) is 3.31. The summed E-state index contributed by atoms with van der Waals surface area (Å²) in [5, 5.41) is 10.9. The zero-order chi connectivity index (χ0) is 19.9. The number of rotatable bonds is 3. The Kier molecular flexibility index (Phi) is 5.68. The van der Waals surface area contributed by atoms with Crippen LogP contribution in [0.1, 0.15) is 43.7 Å². The number of hydrogen-bond acceptors (Lipinski definition) is 4. The van der Waals surface area contributed by atoms with Crippen LogP contribution < -0.4 is 0 Å². The van der Waals surface area contributed by atoms with Gasteiger partial charge in [0.05, 0.1) is 10.9 Å². The second-order valence-electron chi connectivity index (χ2n) is 7.05. The van der Waals surface area contributed by atoms with Crippen molar-refractivity contribution in [3.63, 3.8) is 0 Å². The predicted octanol–water partition coefficient (Wildman–Crippen LogP) is 4.95. The second kappa shape index (κ2) is 7.15. The normalized spacial score (nSPS) is 13.7. The van der Waals surface area contributed by atoms with Gasteiger partial charge in [-0.1, -0.05) is 0 Å². The first kappa shape index (κ1) is 20.6. The molecular formula is C18H19BrF3NO3. The molecule has 0 bridgehead atoms. The predicted molar refractivity (Wildman–Crippen MR) is 94.6 cm³/mol. The van der Waals surface area contributed by atoms with Crippen LogP contribution in [0, 0.1) is 12.3 Å². The first-order valence-corrected chi connectivity index (χ1v) is 8.64. The van der Waals surface area contributed by atoms with E-state index in [-0.39, 0.29) is 12.1 Å². The third kappa shape index (κ3) is 4.35. The van der Waals surface area contributed by atoms with Crippen molar-refractivity contribution < 1.29 is 27.8 Å². The van der Waals surface area contributed by atoms with E-state index in [1.807, 2.05) is 0 Å². The molecule has 1 aromatic carbocycles. The van der Waals surface area contributed by atoms with E-state index in [1.165, 1.54) is 12.1 Å². The molecule has 4 nitrogen and oxygen atoms in total. The van der Waals surface area contributed by atoms with Crippen molar-refractivity contribution in [3.8, 4) is 0 Å². The van der Waals surface area contributed by atoms with Crippen LogP contribution in [0.25, 0.3) is 10.9 Å². The molecule has 1 atom stereocenters. The lowest BCUT2D eigenvalue weighted by atomic mass is 9.97. The Morgan fingerprint density at radius 3 is 2.46 bits per heavy atom. The Bertz CT molecular complexity index is 844. The van der Waals surface area contributed by atoms with Gasteiger partial charge in [-0.3, -0.25) is 4.79 Å². The number of benzene rings is 1. The maximum absolute atomic E-state index is 12.8. The van der Waals surface area contributed by atoms with Crippen LogP contribution in [0.4, 0.5) is 13.2 Å². The van der Waals surface area contributed by atoms with E-state index in [2.05, 4.69) is 20.9 Å². The topological polar surface area (TPSA) is 59.4 Å². The quantitative estimate of drug-likeness (QED) is 0.695. The van der Waals surface area contributed by atoms with Crippen LogP contribution in [0.5, 0.6) is 0 Å². The van der Waals surface area contributed by atoms with E-state index < -0.39 is 29.4 Å². The second-order valence-corrected chi connectivity index (χ2v) is 7.84.